The maximum atomic E-state index is 4.08. The molecule has 0 amide bonds. The SMILES string of the molecule is c1ccc2c(c1)CCc1[nH]ncc1-2. The standard InChI is InChI=1S/C11H10N2/c1-2-4-9-8(3-1)5-6-11-10(9)7-12-13-11/h1-4,7H,5-6H2,(H,12,13). The molecule has 1 aromatic heterocycles. The van der Waals surface area contributed by atoms with Gasteiger partial charge in [-0.1, -0.05) is 24.3 Å². The first-order valence-electron chi connectivity index (χ1n) is 4.55. The summed E-state index contributed by atoms with van der Waals surface area (Å²) in [6.45, 7) is 0. The van der Waals surface area contributed by atoms with Crippen molar-refractivity contribution >= 4 is 0 Å². The molecule has 1 aromatic carbocycles. The zero-order chi connectivity index (χ0) is 8.67. The summed E-state index contributed by atoms with van der Waals surface area (Å²) in [5.74, 6) is 0. The Hall–Kier alpha value is -1.57. The third kappa shape index (κ3) is 0.917. The number of fused-ring (bicyclic) bond motifs is 3. The second kappa shape index (κ2) is 2.46. The minimum absolute atomic E-state index is 1.09. The number of nitrogens with one attached hydrogen (secondary N) is 1. The van der Waals surface area contributed by atoms with Crippen LogP contribution in [-0.2, 0) is 12.8 Å². The summed E-state index contributed by atoms with van der Waals surface area (Å²) in [6, 6.07) is 8.55. The molecule has 0 aliphatic heterocycles. The fraction of sp³-hybridized carbons (Fsp3) is 0.182. The topological polar surface area (TPSA) is 28.7 Å². The van der Waals surface area contributed by atoms with Gasteiger partial charge in [0.05, 0.1) is 6.20 Å². The Labute approximate surface area is 76.6 Å². The van der Waals surface area contributed by atoms with Crippen LogP contribution < -0.4 is 0 Å². The molecule has 1 aliphatic rings. The molecular weight excluding hydrogens is 160 g/mol. The number of hydrogen-bond donors (Lipinski definition) is 1. The van der Waals surface area contributed by atoms with E-state index >= 15 is 0 Å². The number of aromatic amines is 1. The van der Waals surface area contributed by atoms with Gasteiger partial charge in [-0.05, 0) is 24.0 Å². The molecule has 0 radical (unpaired) electrons. The second-order valence-corrected chi connectivity index (χ2v) is 3.42. The van der Waals surface area contributed by atoms with Crippen LogP contribution in [0.3, 0.4) is 0 Å². The summed E-state index contributed by atoms with van der Waals surface area (Å²) in [4.78, 5) is 0. The van der Waals surface area contributed by atoms with Gasteiger partial charge in [0.15, 0.2) is 0 Å². The highest BCUT2D eigenvalue weighted by Gasteiger charge is 2.16. The van der Waals surface area contributed by atoms with Crippen LogP contribution in [0, 0.1) is 0 Å². The van der Waals surface area contributed by atoms with E-state index < -0.39 is 0 Å². The Morgan fingerprint density at radius 3 is 3.00 bits per heavy atom. The van der Waals surface area contributed by atoms with Gasteiger partial charge in [-0.15, -0.1) is 0 Å². The molecule has 0 atom stereocenters. The lowest BCUT2D eigenvalue weighted by Crippen LogP contribution is -2.02. The molecule has 0 saturated carbocycles. The van der Waals surface area contributed by atoms with Crippen LogP contribution in [0.15, 0.2) is 30.5 Å². The first-order chi connectivity index (χ1) is 6.45. The minimum Gasteiger partial charge on any atom is -0.282 e. The summed E-state index contributed by atoms with van der Waals surface area (Å²) in [5.41, 5.74) is 5.34. The van der Waals surface area contributed by atoms with Crippen molar-refractivity contribution < 1.29 is 0 Å². The summed E-state index contributed by atoms with van der Waals surface area (Å²) >= 11 is 0. The number of aromatic nitrogens is 2. The molecule has 2 heteroatoms. The van der Waals surface area contributed by atoms with E-state index in [1.165, 1.54) is 22.4 Å². The lowest BCUT2D eigenvalue weighted by Gasteiger charge is -2.14. The predicted molar refractivity (Wildman–Crippen MR) is 51.4 cm³/mol. The molecule has 3 rings (SSSR count). The van der Waals surface area contributed by atoms with Crippen molar-refractivity contribution in [2.75, 3.05) is 0 Å². The van der Waals surface area contributed by atoms with E-state index in [1.807, 2.05) is 6.20 Å². The number of rotatable bonds is 0. The molecule has 1 aliphatic carbocycles. The predicted octanol–water partition coefficient (Wildman–Crippen LogP) is 2.18. The van der Waals surface area contributed by atoms with Gasteiger partial charge >= 0.3 is 0 Å². The maximum absolute atomic E-state index is 4.08. The minimum atomic E-state index is 1.09. The van der Waals surface area contributed by atoms with Crippen LogP contribution in [0.5, 0.6) is 0 Å². The lowest BCUT2D eigenvalue weighted by atomic mass is 9.90. The molecule has 2 aromatic rings. The fourth-order valence-electron chi connectivity index (χ4n) is 2.00. The van der Waals surface area contributed by atoms with E-state index in [0.29, 0.717) is 0 Å². The van der Waals surface area contributed by atoms with Crippen molar-refractivity contribution in [1.29, 1.82) is 0 Å². The molecule has 13 heavy (non-hydrogen) atoms. The Kier molecular flexibility index (Phi) is 1.30. The van der Waals surface area contributed by atoms with Gasteiger partial charge in [0.1, 0.15) is 0 Å². The highest BCUT2D eigenvalue weighted by Crippen LogP contribution is 2.31. The summed E-state index contributed by atoms with van der Waals surface area (Å²) < 4.78 is 0. The molecule has 0 spiro atoms. The van der Waals surface area contributed by atoms with Gasteiger partial charge in [-0.3, -0.25) is 5.10 Å². The highest BCUT2D eigenvalue weighted by atomic mass is 15.1. The fourth-order valence-corrected chi connectivity index (χ4v) is 2.00. The van der Waals surface area contributed by atoms with Gasteiger partial charge in [0.25, 0.3) is 0 Å². The quantitative estimate of drug-likeness (QED) is 0.645. The molecular formula is C11H10N2. The number of hydrogen-bond acceptors (Lipinski definition) is 1. The van der Waals surface area contributed by atoms with Gasteiger partial charge in [0, 0.05) is 11.3 Å². The molecule has 0 fully saturated rings. The zero-order valence-electron chi connectivity index (χ0n) is 7.25. The monoisotopic (exact) mass is 170 g/mol. The number of benzene rings is 1. The van der Waals surface area contributed by atoms with Gasteiger partial charge < -0.3 is 0 Å². The lowest BCUT2D eigenvalue weighted by molar-refractivity contribution is 0.882. The maximum Gasteiger partial charge on any atom is 0.0568 e. The largest absolute Gasteiger partial charge is 0.282 e. The Balaban J connectivity index is 2.30. The van der Waals surface area contributed by atoms with E-state index in [9.17, 15) is 0 Å². The van der Waals surface area contributed by atoms with Crippen molar-refractivity contribution in [2.45, 2.75) is 12.8 Å². The first kappa shape index (κ1) is 6.89. The van der Waals surface area contributed by atoms with Crippen LogP contribution >= 0.6 is 0 Å². The van der Waals surface area contributed by atoms with E-state index in [4.69, 9.17) is 0 Å². The normalized spacial score (nSPS) is 13.5. The molecule has 0 saturated heterocycles. The first-order valence-corrected chi connectivity index (χ1v) is 4.55. The summed E-state index contributed by atoms with van der Waals surface area (Å²) in [6.07, 6.45) is 4.14. The molecule has 64 valence electrons. The average Bonchev–Trinajstić information content (AvgIpc) is 2.65. The number of H-pyrrole nitrogens is 1. The number of aryl methyl sites for hydroxylation is 2. The van der Waals surface area contributed by atoms with Gasteiger partial charge in [0.2, 0.25) is 0 Å². The molecule has 0 bridgehead atoms. The number of nitrogens with zero attached hydrogens (tertiary/aromatic N) is 1. The van der Waals surface area contributed by atoms with Crippen molar-refractivity contribution in [2.24, 2.45) is 0 Å². The smallest absolute Gasteiger partial charge is 0.0568 e. The summed E-state index contributed by atoms with van der Waals surface area (Å²) in [7, 11) is 0. The van der Waals surface area contributed by atoms with Gasteiger partial charge in [-0.25, -0.2) is 0 Å². The third-order valence-corrected chi connectivity index (χ3v) is 2.67. The van der Waals surface area contributed by atoms with Crippen LogP contribution in [0.25, 0.3) is 11.1 Å². The molecule has 1 N–H and O–H groups in total. The highest BCUT2D eigenvalue weighted by molar-refractivity contribution is 5.70. The van der Waals surface area contributed by atoms with Crippen LogP contribution in [0.1, 0.15) is 11.3 Å². The average molecular weight is 170 g/mol. The third-order valence-electron chi connectivity index (χ3n) is 2.67. The second-order valence-electron chi connectivity index (χ2n) is 3.42. The molecule has 2 nitrogen and oxygen atoms in total. The summed E-state index contributed by atoms with van der Waals surface area (Å²) in [5, 5.41) is 7.13. The van der Waals surface area contributed by atoms with E-state index in [-0.39, 0.29) is 0 Å². The van der Waals surface area contributed by atoms with Crippen LogP contribution in [0.2, 0.25) is 0 Å². The Morgan fingerprint density at radius 2 is 2.00 bits per heavy atom. The van der Waals surface area contributed by atoms with Crippen molar-refractivity contribution in [3.63, 3.8) is 0 Å². The van der Waals surface area contributed by atoms with Crippen molar-refractivity contribution in [3.05, 3.63) is 41.7 Å². The molecule has 1 heterocycles. The van der Waals surface area contributed by atoms with Crippen molar-refractivity contribution in [3.8, 4) is 11.1 Å². The Morgan fingerprint density at radius 1 is 1.08 bits per heavy atom. The Bertz CT molecular complexity index is 443. The van der Waals surface area contributed by atoms with E-state index in [1.54, 1.807) is 0 Å². The van der Waals surface area contributed by atoms with E-state index in [2.05, 4.69) is 34.5 Å². The zero-order valence-corrected chi connectivity index (χ0v) is 7.25. The van der Waals surface area contributed by atoms with Gasteiger partial charge in [-0.2, -0.15) is 5.10 Å². The molecule has 0 unspecified atom stereocenters. The van der Waals surface area contributed by atoms with Crippen LogP contribution in [0.4, 0.5) is 0 Å². The van der Waals surface area contributed by atoms with Crippen LogP contribution in [-0.4, -0.2) is 10.2 Å². The van der Waals surface area contributed by atoms with E-state index in [0.717, 1.165) is 12.8 Å². The van der Waals surface area contributed by atoms with Crippen molar-refractivity contribution in [1.82, 2.24) is 10.2 Å².